The van der Waals surface area contributed by atoms with Gasteiger partial charge in [0.05, 0.1) is 12.6 Å². The third-order valence-electron chi connectivity index (χ3n) is 7.70. The predicted molar refractivity (Wildman–Crippen MR) is 160 cm³/mol. The minimum atomic E-state index is -0.0816. The molecule has 9 heteroatoms. The van der Waals surface area contributed by atoms with Gasteiger partial charge in [-0.15, -0.1) is 0 Å². The van der Waals surface area contributed by atoms with Crippen molar-refractivity contribution in [2.75, 3.05) is 50.1 Å². The van der Waals surface area contributed by atoms with E-state index in [1.165, 1.54) is 11.3 Å². The van der Waals surface area contributed by atoms with Gasteiger partial charge in [0.1, 0.15) is 5.65 Å². The SMILES string of the molecule is Cc1cc(Nc2ncc3cc(-c4ccccc4Br)c(=O)n(C[C@H]4CCCO4)c3n2)ccc1N1CCN(C)CC1. The average molecular weight is 590 g/mol. The van der Waals surface area contributed by atoms with Gasteiger partial charge in [0.2, 0.25) is 5.95 Å². The molecule has 0 spiro atoms. The van der Waals surface area contributed by atoms with Crippen LogP contribution in [0.1, 0.15) is 18.4 Å². The Balaban J connectivity index is 1.35. The normalized spacial score (nSPS) is 18.1. The fourth-order valence-electron chi connectivity index (χ4n) is 5.52. The molecule has 2 aromatic carbocycles. The van der Waals surface area contributed by atoms with Crippen molar-refractivity contribution in [1.82, 2.24) is 19.4 Å². The number of benzene rings is 2. The van der Waals surface area contributed by atoms with Crippen molar-refractivity contribution in [2.24, 2.45) is 0 Å². The first-order valence-corrected chi connectivity index (χ1v) is 14.3. The van der Waals surface area contributed by atoms with Crippen LogP contribution in [-0.2, 0) is 11.3 Å². The number of halogens is 1. The largest absolute Gasteiger partial charge is 0.376 e. The maximum absolute atomic E-state index is 13.8. The summed E-state index contributed by atoms with van der Waals surface area (Å²) >= 11 is 3.61. The number of nitrogens with zero attached hydrogens (tertiary/aromatic N) is 5. The van der Waals surface area contributed by atoms with E-state index in [0.29, 0.717) is 23.7 Å². The molecule has 2 aliphatic rings. The van der Waals surface area contributed by atoms with Crippen LogP contribution in [0.4, 0.5) is 17.3 Å². The number of nitrogens with one attached hydrogen (secondary N) is 1. The molecule has 2 aliphatic heterocycles. The molecule has 202 valence electrons. The lowest BCUT2D eigenvalue weighted by atomic mass is 10.1. The fraction of sp³-hybridized carbons (Fsp3) is 0.367. The second kappa shape index (κ2) is 11.1. The van der Waals surface area contributed by atoms with Gasteiger partial charge in [0, 0.05) is 71.3 Å². The molecule has 6 rings (SSSR count). The Labute approximate surface area is 236 Å². The monoisotopic (exact) mass is 588 g/mol. The molecule has 1 N–H and O–H groups in total. The Kier molecular flexibility index (Phi) is 7.38. The van der Waals surface area contributed by atoms with Crippen molar-refractivity contribution in [3.8, 4) is 11.1 Å². The number of aryl methyl sites for hydroxylation is 1. The number of hydrogen-bond donors (Lipinski definition) is 1. The van der Waals surface area contributed by atoms with Crippen molar-refractivity contribution in [1.29, 1.82) is 0 Å². The predicted octanol–water partition coefficient (Wildman–Crippen LogP) is 5.20. The smallest absolute Gasteiger partial charge is 0.260 e. The van der Waals surface area contributed by atoms with Crippen molar-refractivity contribution in [3.05, 3.63) is 75.1 Å². The number of ether oxygens (including phenoxy) is 1. The number of aromatic nitrogens is 3. The van der Waals surface area contributed by atoms with E-state index in [4.69, 9.17) is 9.72 Å². The number of likely N-dealkylation sites (N-methyl/N-ethyl adjacent to an activating group) is 1. The summed E-state index contributed by atoms with van der Waals surface area (Å²) in [6, 6.07) is 16.1. The summed E-state index contributed by atoms with van der Waals surface area (Å²) in [7, 11) is 2.17. The van der Waals surface area contributed by atoms with Crippen molar-refractivity contribution >= 4 is 44.3 Å². The molecular weight excluding hydrogens is 556 g/mol. The molecule has 0 amide bonds. The van der Waals surface area contributed by atoms with E-state index in [-0.39, 0.29) is 11.7 Å². The first-order valence-electron chi connectivity index (χ1n) is 13.5. The number of rotatable bonds is 6. The second-order valence-corrected chi connectivity index (χ2v) is 11.3. The lowest BCUT2D eigenvalue weighted by Gasteiger charge is -2.35. The topological polar surface area (TPSA) is 75.5 Å². The fourth-order valence-corrected chi connectivity index (χ4v) is 6.02. The van der Waals surface area contributed by atoms with Crippen molar-refractivity contribution < 1.29 is 4.74 Å². The zero-order valence-corrected chi connectivity index (χ0v) is 23.9. The zero-order valence-electron chi connectivity index (χ0n) is 22.4. The lowest BCUT2D eigenvalue weighted by molar-refractivity contribution is 0.0971. The van der Waals surface area contributed by atoms with Gasteiger partial charge >= 0.3 is 0 Å². The molecule has 0 saturated carbocycles. The van der Waals surface area contributed by atoms with Crippen LogP contribution in [0.2, 0.25) is 0 Å². The summed E-state index contributed by atoms with van der Waals surface area (Å²) < 4.78 is 8.53. The molecule has 2 aromatic heterocycles. The van der Waals surface area contributed by atoms with Crippen LogP contribution in [-0.4, -0.2) is 65.4 Å². The van der Waals surface area contributed by atoms with Gasteiger partial charge in [-0.3, -0.25) is 9.36 Å². The molecule has 0 aliphatic carbocycles. The molecule has 1 atom stereocenters. The number of piperazine rings is 1. The van der Waals surface area contributed by atoms with Crippen LogP contribution < -0.4 is 15.8 Å². The minimum Gasteiger partial charge on any atom is -0.376 e. The van der Waals surface area contributed by atoms with Gasteiger partial charge in [-0.2, -0.15) is 4.98 Å². The highest BCUT2D eigenvalue weighted by Gasteiger charge is 2.21. The number of hydrogen-bond acceptors (Lipinski definition) is 7. The van der Waals surface area contributed by atoms with E-state index in [1.54, 1.807) is 10.8 Å². The maximum atomic E-state index is 13.8. The molecule has 0 radical (unpaired) electrons. The molecule has 2 fully saturated rings. The summed E-state index contributed by atoms with van der Waals surface area (Å²) in [6.07, 6.45) is 3.73. The Morgan fingerprint density at radius 2 is 1.90 bits per heavy atom. The summed E-state index contributed by atoms with van der Waals surface area (Å²) in [6.45, 7) is 7.53. The standard InChI is InChI=1S/C30H33BrN6O2/c1-20-16-22(9-10-27(20)36-13-11-35(2)12-14-36)33-30-32-18-21-17-25(24-7-3-4-8-26(24)31)29(38)37(28(21)34-30)19-23-6-5-15-39-23/h3-4,7-10,16-18,23H,5-6,11-15,19H2,1-2H3,(H,32,33,34)/t23-/m1/s1. The zero-order chi connectivity index (χ0) is 26.9. The molecule has 39 heavy (non-hydrogen) atoms. The van der Waals surface area contributed by atoms with Gasteiger partial charge in [0.15, 0.2) is 0 Å². The van der Waals surface area contributed by atoms with E-state index in [2.05, 4.69) is 68.2 Å². The van der Waals surface area contributed by atoms with Gasteiger partial charge in [-0.1, -0.05) is 34.1 Å². The number of anilines is 3. The summed E-state index contributed by atoms with van der Waals surface area (Å²) in [4.78, 5) is 28.1. The molecule has 0 bridgehead atoms. The van der Waals surface area contributed by atoms with E-state index in [0.717, 1.165) is 66.7 Å². The number of fused-ring (bicyclic) bond motifs is 1. The van der Waals surface area contributed by atoms with Crippen LogP contribution in [0.25, 0.3) is 22.2 Å². The van der Waals surface area contributed by atoms with Crippen molar-refractivity contribution in [2.45, 2.75) is 32.4 Å². The highest BCUT2D eigenvalue weighted by atomic mass is 79.9. The molecule has 4 aromatic rings. The molecular formula is C30H33BrN6O2. The lowest BCUT2D eigenvalue weighted by Crippen LogP contribution is -2.44. The molecule has 0 unspecified atom stereocenters. The van der Waals surface area contributed by atoms with Crippen LogP contribution >= 0.6 is 15.9 Å². The van der Waals surface area contributed by atoms with Crippen LogP contribution in [0.5, 0.6) is 0 Å². The van der Waals surface area contributed by atoms with Gasteiger partial charge in [0.25, 0.3) is 5.56 Å². The number of pyridine rings is 1. The summed E-state index contributed by atoms with van der Waals surface area (Å²) in [5.74, 6) is 0.461. The Bertz CT molecular complexity index is 1560. The van der Waals surface area contributed by atoms with Gasteiger partial charge in [-0.25, -0.2) is 4.98 Å². The second-order valence-electron chi connectivity index (χ2n) is 10.5. The first-order chi connectivity index (χ1) is 19.0. The summed E-state index contributed by atoms with van der Waals surface area (Å²) in [5.41, 5.74) is 5.38. The van der Waals surface area contributed by atoms with Gasteiger partial charge in [-0.05, 0) is 62.7 Å². The van der Waals surface area contributed by atoms with E-state index < -0.39 is 0 Å². The van der Waals surface area contributed by atoms with Crippen LogP contribution in [0, 0.1) is 6.92 Å². The molecule has 2 saturated heterocycles. The Hall–Kier alpha value is -3.27. The maximum Gasteiger partial charge on any atom is 0.260 e. The molecule has 4 heterocycles. The quantitative estimate of drug-likeness (QED) is 0.331. The average Bonchev–Trinajstić information content (AvgIpc) is 3.45. The third-order valence-corrected chi connectivity index (χ3v) is 8.39. The minimum absolute atomic E-state index is 0.00323. The van der Waals surface area contributed by atoms with E-state index in [9.17, 15) is 4.79 Å². The third kappa shape index (κ3) is 5.44. The Morgan fingerprint density at radius 3 is 2.64 bits per heavy atom. The van der Waals surface area contributed by atoms with Crippen LogP contribution in [0.15, 0.2) is 64.0 Å². The van der Waals surface area contributed by atoms with E-state index in [1.807, 2.05) is 30.3 Å². The summed E-state index contributed by atoms with van der Waals surface area (Å²) in [5, 5.41) is 4.18. The van der Waals surface area contributed by atoms with Gasteiger partial charge < -0.3 is 19.9 Å². The van der Waals surface area contributed by atoms with Crippen LogP contribution in [0.3, 0.4) is 0 Å². The highest BCUT2D eigenvalue weighted by Crippen LogP contribution is 2.29. The first kappa shape index (κ1) is 26.0. The highest BCUT2D eigenvalue weighted by molar-refractivity contribution is 9.10. The van der Waals surface area contributed by atoms with E-state index >= 15 is 0 Å². The van der Waals surface area contributed by atoms with Crippen molar-refractivity contribution in [3.63, 3.8) is 0 Å². The Morgan fingerprint density at radius 1 is 1.08 bits per heavy atom. The molecule has 8 nitrogen and oxygen atoms in total.